The fourth-order valence-corrected chi connectivity index (χ4v) is 2.46. The van der Waals surface area contributed by atoms with Crippen molar-refractivity contribution in [2.24, 2.45) is 5.92 Å². The average Bonchev–Trinajstić information content (AvgIpc) is 2.61. The van der Waals surface area contributed by atoms with Crippen LogP contribution in [-0.4, -0.2) is 22.6 Å². The maximum atomic E-state index is 11.9. The van der Waals surface area contributed by atoms with E-state index >= 15 is 0 Å². The van der Waals surface area contributed by atoms with Crippen LogP contribution in [0.4, 0.5) is 0 Å². The van der Waals surface area contributed by atoms with Gasteiger partial charge in [0, 0.05) is 18.4 Å². The van der Waals surface area contributed by atoms with Crippen LogP contribution in [0, 0.1) is 5.92 Å². The molecular formula is C15H22O4. The Labute approximate surface area is 113 Å². The average molecular weight is 266 g/mol. The molecule has 1 aliphatic carbocycles. The summed E-state index contributed by atoms with van der Waals surface area (Å²) in [6.45, 7) is 2.17. The molecule has 1 N–H and O–H groups in total. The number of carboxylic acids is 1. The largest absolute Gasteiger partial charge is 0.478 e. The number of aliphatic carboxylic acids is 1. The number of unbranched alkanes of at least 4 members (excludes halogenated alkanes) is 5. The van der Waals surface area contributed by atoms with Gasteiger partial charge in [-0.1, -0.05) is 45.4 Å². The minimum atomic E-state index is -1.23. The van der Waals surface area contributed by atoms with E-state index in [1.165, 1.54) is 25.7 Å². The molecule has 0 amide bonds. The molecule has 1 rings (SSSR count). The van der Waals surface area contributed by atoms with Crippen LogP contribution in [0.1, 0.15) is 58.3 Å². The summed E-state index contributed by atoms with van der Waals surface area (Å²) in [4.78, 5) is 34.0. The molecule has 1 unspecified atom stereocenters. The number of rotatable bonds is 8. The van der Waals surface area contributed by atoms with Gasteiger partial charge in [0.15, 0.2) is 11.6 Å². The number of ketones is 2. The summed E-state index contributed by atoms with van der Waals surface area (Å²) >= 11 is 0. The second-order valence-electron chi connectivity index (χ2n) is 5.14. The summed E-state index contributed by atoms with van der Waals surface area (Å²) in [6.07, 6.45) is 8.50. The fraction of sp³-hybridized carbons (Fsp3) is 0.667. The highest BCUT2D eigenvalue weighted by Crippen LogP contribution is 2.28. The number of allylic oxidation sites excluding steroid dienone is 1. The molecule has 4 heteroatoms. The molecular weight excluding hydrogens is 244 g/mol. The number of hydrogen-bond donors (Lipinski definition) is 1. The van der Waals surface area contributed by atoms with Crippen molar-refractivity contribution in [1.29, 1.82) is 0 Å². The van der Waals surface area contributed by atoms with Crippen LogP contribution < -0.4 is 0 Å². The molecule has 0 aromatic rings. The summed E-state index contributed by atoms with van der Waals surface area (Å²) in [5, 5.41) is 8.61. The third-order valence-corrected chi connectivity index (χ3v) is 3.54. The predicted molar refractivity (Wildman–Crippen MR) is 71.8 cm³/mol. The fourth-order valence-electron chi connectivity index (χ4n) is 2.46. The van der Waals surface area contributed by atoms with Gasteiger partial charge in [-0.15, -0.1) is 0 Å². The number of carbonyl (C=O) groups excluding carboxylic acids is 2. The standard InChI is InChI=1S/C15H22O4/c1-2-3-4-5-6-7-8-11-9-13(16)12(15(11)19)10-14(17)18/h10-11H,2-9H2,1H3,(H,17,18)/b12-10+. The molecule has 0 saturated heterocycles. The van der Waals surface area contributed by atoms with Gasteiger partial charge in [0.2, 0.25) is 0 Å². The molecule has 106 valence electrons. The molecule has 0 aliphatic heterocycles. The topological polar surface area (TPSA) is 71.4 Å². The zero-order chi connectivity index (χ0) is 14.3. The molecule has 4 nitrogen and oxygen atoms in total. The number of Topliss-reactive ketones (excluding diaryl/α,β-unsaturated/α-hetero) is 2. The second-order valence-corrected chi connectivity index (χ2v) is 5.14. The summed E-state index contributed by atoms with van der Waals surface area (Å²) in [6, 6.07) is 0. The smallest absolute Gasteiger partial charge is 0.329 e. The summed E-state index contributed by atoms with van der Waals surface area (Å²) in [5.41, 5.74) is -0.122. The lowest BCUT2D eigenvalue weighted by Crippen LogP contribution is -2.09. The van der Waals surface area contributed by atoms with E-state index in [1.54, 1.807) is 0 Å². The minimum absolute atomic E-state index is 0.122. The van der Waals surface area contributed by atoms with Crippen molar-refractivity contribution in [3.63, 3.8) is 0 Å². The van der Waals surface area contributed by atoms with Gasteiger partial charge < -0.3 is 5.11 Å². The van der Waals surface area contributed by atoms with Gasteiger partial charge in [0.1, 0.15) is 0 Å². The highest BCUT2D eigenvalue weighted by atomic mass is 16.4. The number of carbonyl (C=O) groups is 3. The molecule has 0 heterocycles. The van der Waals surface area contributed by atoms with Gasteiger partial charge >= 0.3 is 5.97 Å². The van der Waals surface area contributed by atoms with Crippen molar-refractivity contribution in [2.75, 3.05) is 0 Å². The van der Waals surface area contributed by atoms with Crippen molar-refractivity contribution in [3.05, 3.63) is 11.6 Å². The van der Waals surface area contributed by atoms with Crippen LogP contribution in [-0.2, 0) is 14.4 Å². The van der Waals surface area contributed by atoms with Crippen molar-refractivity contribution < 1.29 is 19.5 Å². The van der Waals surface area contributed by atoms with E-state index in [2.05, 4.69) is 6.92 Å². The van der Waals surface area contributed by atoms with E-state index in [0.29, 0.717) is 6.42 Å². The molecule has 1 atom stereocenters. The van der Waals surface area contributed by atoms with E-state index in [-0.39, 0.29) is 29.5 Å². The van der Waals surface area contributed by atoms with Gasteiger partial charge in [0.05, 0.1) is 5.57 Å². The Morgan fingerprint density at radius 1 is 1.21 bits per heavy atom. The molecule has 1 aliphatic rings. The van der Waals surface area contributed by atoms with Crippen LogP contribution >= 0.6 is 0 Å². The molecule has 1 saturated carbocycles. The molecule has 0 radical (unpaired) electrons. The van der Waals surface area contributed by atoms with Crippen molar-refractivity contribution in [2.45, 2.75) is 58.3 Å². The quantitative estimate of drug-likeness (QED) is 0.416. The SMILES string of the molecule is CCCCCCCCC1CC(=O)/C(=C\C(=O)O)C1=O. The first-order valence-corrected chi connectivity index (χ1v) is 7.08. The van der Waals surface area contributed by atoms with Gasteiger partial charge in [-0.05, 0) is 6.42 Å². The third-order valence-electron chi connectivity index (χ3n) is 3.54. The van der Waals surface area contributed by atoms with Crippen LogP contribution in [0.25, 0.3) is 0 Å². The predicted octanol–water partition coefficient (Wildman–Crippen LogP) is 2.91. The Balaban J connectivity index is 2.35. The van der Waals surface area contributed by atoms with Gasteiger partial charge in [-0.25, -0.2) is 4.79 Å². The van der Waals surface area contributed by atoms with Crippen LogP contribution in [0.5, 0.6) is 0 Å². The molecule has 0 spiro atoms. The number of hydrogen-bond acceptors (Lipinski definition) is 3. The van der Waals surface area contributed by atoms with Crippen LogP contribution in [0.15, 0.2) is 11.6 Å². The van der Waals surface area contributed by atoms with Crippen LogP contribution in [0.2, 0.25) is 0 Å². The molecule has 0 aromatic heterocycles. The van der Waals surface area contributed by atoms with E-state index in [0.717, 1.165) is 18.9 Å². The zero-order valence-corrected chi connectivity index (χ0v) is 11.5. The van der Waals surface area contributed by atoms with Gasteiger partial charge in [-0.2, -0.15) is 0 Å². The molecule has 19 heavy (non-hydrogen) atoms. The maximum absolute atomic E-state index is 11.9. The minimum Gasteiger partial charge on any atom is -0.478 e. The lowest BCUT2D eigenvalue weighted by Gasteiger charge is -2.06. The van der Waals surface area contributed by atoms with Gasteiger partial charge in [0.25, 0.3) is 0 Å². The second kappa shape index (κ2) is 7.87. The lowest BCUT2D eigenvalue weighted by molar-refractivity contribution is -0.132. The number of carboxylic acid groups (broad SMARTS) is 1. The van der Waals surface area contributed by atoms with Crippen LogP contribution in [0.3, 0.4) is 0 Å². The zero-order valence-electron chi connectivity index (χ0n) is 11.5. The lowest BCUT2D eigenvalue weighted by atomic mass is 9.97. The Bertz CT molecular complexity index is 382. The van der Waals surface area contributed by atoms with Crippen molar-refractivity contribution in [3.8, 4) is 0 Å². The van der Waals surface area contributed by atoms with E-state index in [1.807, 2.05) is 0 Å². The van der Waals surface area contributed by atoms with Crippen molar-refractivity contribution in [1.82, 2.24) is 0 Å². The van der Waals surface area contributed by atoms with Crippen molar-refractivity contribution >= 4 is 17.5 Å². The summed E-state index contributed by atoms with van der Waals surface area (Å²) < 4.78 is 0. The third kappa shape index (κ3) is 4.97. The monoisotopic (exact) mass is 266 g/mol. The first-order valence-electron chi connectivity index (χ1n) is 7.08. The Kier molecular flexibility index (Phi) is 6.46. The molecule has 1 fully saturated rings. The first-order chi connectivity index (χ1) is 9.06. The summed E-state index contributed by atoms with van der Waals surface area (Å²) in [7, 11) is 0. The van der Waals surface area contributed by atoms with E-state index in [9.17, 15) is 14.4 Å². The van der Waals surface area contributed by atoms with E-state index in [4.69, 9.17) is 5.11 Å². The Hall–Kier alpha value is -1.45. The maximum Gasteiger partial charge on any atom is 0.329 e. The van der Waals surface area contributed by atoms with E-state index < -0.39 is 5.97 Å². The molecule has 0 aromatic carbocycles. The normalized spacial score (nSPS) is 21.3. The highest BCUT2D eigenvalue weighted by molar-refractivity contribution is 6.28. The Morgan fingerprint density at radius 3 is 2.47 bits per heavy atom. The highest BCUT2D eigenvalue weighted by Gasteiger charge is 2.35. The first kappa shape index (κ1) is 15.6. The summed E-state index contributed by atoms with van der Waals surface area (Å²) in [5.74, 6) is -2.11. The molecule has 0 bridgehead atoms. The Morgan fingerprint density at radius 2 is 1.84 bits per heavy atom. The van der Waals surface area contributed by atoms with Gasteiger partial charge in [-0.3, -0.25) is 9.59 Å².